The third-order valence-electron chi connectivity index (χ3n) is 4.13. The number of carbonyl (C=O) groups excluding carboxylic acids is 1. The van der Waals surface area contributed by atoms with E-state index in [2.05, 4.69) is 15.5 Å². The van der Waals surface area contributed by atoms with E-state index in [0.717, 1.165) is 16.5 Å². The van der Waals surface area contributed by atoms with E-state index < -0.39 is 10.8 Å². The average Bonchev–Trinajstić information content (AvgIpc) is 3.19. The molecule has 0 saturated carbocycles. The molecule has 0 saturated heterocycles. The van der Waals surface area contributed by atoms with Crippen LogP contribution in [0.25, 0.3) is 10.8 Å². The van der Waals surface area contributed by atoms with E-state index in [1.165, 1.54) is 35.6 Å². The van der Waals surface area contributed by atoms with E-state index in [4.69, 9.17) is 4.74 Å². The SMILES string of the molecule is O=C(Nc1nnc(COc2cccc3ccccc23)s1)c1ccc([N+](=O)[O-])cc1. The van der Waals surface area contributed by atoms with Crippen molar-refractivity contribution in [3.63, 3.8) is 0 Å². The molecule has 1 aromatic heterocycles. The van der Waals surface area contributed by atoms with Crippen molar-refractivity contribution >= 4 is 38.8 Å². The molecular formula is C20H14N4O4S. The zero-order valence-electron chi connectivity index (χ0n) is 14.9. The largest absolute Gasteiger partial charge is 0.486 e. The molecule has 0 aliphatic carbocycles. The number of amides is 1. The van der Waals surface area contributed by atoms with Crippen molar-refractivity contribution in [1.82, 2.24) is 10.2 Å². The first-order chi connectivity index (χ1) is 14.1. The van der Waals surface area contributed by atoms with Crippen LogP contribution in [0.3, 0.4) is 0 Å². The molecule has 1 amide bonds. The van der Waals surface area contributed by atoms with E-state index in [1.807, 2.05) is 42.5 Å². The predicted octanol–water partition coefficient (Wildman–Crippen LogP) is 4.43. The molecule has 8 nitrogen and oxygen atoms in total. The van der Waals surface area contributed by atoms with Gasteiger partial charge in [0.05, 0.1) is 4.92 Å². The summed E-state index contributed by atoms with van der Waals surface area (Å²) in [6, 6.07) is 19.1. The maximum Gasteiger partial charge on any atom is 0.269 e. The van der Waals surface area contributed by atoms with Gasteiger partial charge in [-0.15, -0.1) is 10.2 Å². The Morgan fingerprint density at radius 3 is 2.59 bits per heavy atom. The van der Waals surface area contributed by atoms with Crippen LogP contribution in [0.1, 0.15) is 15.4 Å². The lowest BCUT2D eigenvalue weighted by Gasteiger charge is -2.07. The van der Waals surface area contributed by atoms with Crippen LogP contribution in [0, 0.1) is 10.1 Å². The van der Waals surface area contributed by atoms with Crippen LogP contribution in [0.2, 0.25) is 0 Å². The van der Waals surface area contributed by atoms with Gasteiger partial charge >= 0.3 is 0 Å². The maximum atomic E-state index is 12.3. The first-order valence-electron chi connectivity index (χ1n) is 8.59. The van der Waals surface area contributed by atoms with Gasteiger partial charge in [-0.25, -0.2) is 0 Å². The Morgan fingerprint density at radius 1 is 1.03 bits per heavy atom. The molecule has 4 rings (SSSR count). The van der Waals surface area contributed by atoms with Gasteiger partial charge in [-0.2, -0.15) is 0 Å². The van der Waals surface area contributed by atoms with Crippen molar-refractivity contribution in [3.8, 4) is 5.75 Å². The van der Waals surface area contributed by atoms with E-state index in [1.54, 1.807) is 0 Å². The van der Waals surface area contributed by atoms with E-state index in [9.17, 15) is 14.9 Å². The molecule has 0 radical (unpaired) electrons. The number of aromatic nitrogens is 2. The molecule has 0 spiro atoms. The van der Waals surface area contributed by atoms with Gasteiger partial charge < -0.3 is 4.74 Å². The second-order valence-electron chi connectivity index (χ2n) is 6.03. The molecule has 0 atom stereocenters. The smallest absolute Gasteiger partial charge is 0.269 e. The van der Waals surface area contributed by atoms with Crippen molar-refractivity contribution in [3.05, 3.63) is 87.4 Å². The molecular weight excluding hydrogens is 392 g/mol. The monoisotopic (exact) mass is 406 g/mol. The summed E-state index contributed by atoms with van der Waals surface area (Å²) >= 11 is 1.20. The zero-order chi connectivity index (χ0) is 20.2. The Balaban J connectivity index is 1.40. The number of benzene rings is 3. The van der Waals surface area contributed by atoms with Gasteiger partial charge in [0.2, 0.25) is 5.13 Å². The molecule has 0 aliphatic rings. The molecule has 1 N–H and O–H groups in total. The predicted molar refractivity (Wildman–Crippen MR) is 109 cm³/mol. The Kier molecular flexibility index (Phi) is 5.12. The normalized spacial score (nSPS) is 10.6. The molecule has 1 heterocycles. The second kappa shape index (κ2) is 8.03. The van der Waals surface area contributed by atoms with Gasteiger partial charge in [0, 0.05) is 23.1 Å². The topological polar surface area (TPSA) is 107 Å². The highest BCUT2D eigenvalue weighted by atomic mass is 32.1. The highest BCUT2D eigenvalue weighted by Crippen LogP contribution is 2.26. The second-order valence-corrected chi connectivity index (χ2v) is 7.09. The van der Waals surface area contributed by atoms with Gasteiger partial charge in [0.25, 0.3) is 11.6 Å². The van der Waals surface area contributed by atoms with E-state index >= 15 is 0 Å². The Hall–Kier alpha value is -3.85. The third-order valence-corrected chi connectivity index (χ3v) is 4.94. The van der Waals surface area contributed by atoms with Crippen molar-refractivity contribution in [1.29, 1.82) is 0 Å². The lowest BCUT2D eigenvalue weighted by Crippen LogP contribution is -2.11. The molecule has 3 aromatic carbocycles. The minimum absolute atomic E-state index is 0.0784. The number of hydrogen-bond donors (Lipinski definition) is 1. The summed E-state index contributed by atoms with van der Waals surface area (Å²) in [5.74, 6) is 0.326. The fourth-order valence-corrected chi connectivity index (χ4v) is 3.38. The highest BCUT2D eigenvalue weighted by molar-refractivity contribution is 7.15. The van der Waals surface area contributed by atoms with Gasteiger partial charge in [0.15, 0.2) is 5.01 Å². The summed E-state index contributed by atoms with van der Waals surface area (Å²) in [6.45, 7) is 0.221. The van der Waals surface area contributed by atoms with Gasteiger partial charge in [-0.05, 0) is 23.6 Å². The maximum absolute atomic E-state index is 12.3. The molecule has 0 aliphatic heterocycles. The number of nitrogens with one attached hydrogen (secondary N) is 1. The summed E-state index contributed by atoms with van der Waals surface area (Å²) in [5, 5.41) is 24.3. The fraction of sp³-hybridized carbons (Fsp3) is 0.0500. The number of hydrogen-bond acceptors (Lipinski definition) is 7. The van der Waals surface area contributed by atoms with Crippen LogP contribution < -0.4 is 10.1 Å². The van der Waals surface area contributed by atoms with E-state index in [-0.39, 0.29) is 12.3 Å². The minimum Gasteiger partial charge on any atom is -0.486 e. The summed E-state index contributed by atoms with van der Waals surface area (Å²) in [7, 11) is 0. The zero-order valence-corrected chi connectivity index (χ0v) is 15.8. The van der Waals surface area contributed by atoms with Gasteiger partial charge in [0.1, 0.15) is 12.4 Å². The van der Waals surface area contributed by atoms with Crippen molar-refractivity contribution in [2.75, 3.05) is 5.32 Å². The number of non-ortho nitro benzene ring substituents is 1. The van der Waals surface area contributed by atoms with Crippen LogP contribution in [-0.2, 0) is 6.61 Å². The Bertz CT molecular complexity index is 1190. The molecule has 144 valence electrons. The summed E-state index contributed by atoms with van der Waals surface area (Å²) < 4.78 is 5.88. The standard InChI is InChI=1S/C20H14N4O4S/c25-19(14-8-10-15(11-9-14)24(26)27)21-20-23-22-18(29-20)12-28-17-7-3-5-13-4-1-2-6-16(13)17/h1-11H,12H2,(H,21,23,25). The Labute approximate surface area is 168 Å². The van der Waals surface area contributed by atoms with Crippen LogP contribution in [0.15, 0.2) is 66.7 Å². The van der Waals surface area contributed by atoms with Crippen molar-refractivity contribution < 1.29 is 14.5 Å². The first-order valence-corrected chi connectivity index (χ1v) is 9.40. The minimum atomic E-state index is -0.519. The van der Waals surface area contributed by atoms with Gasteiger partial charge in [-0.1, -0.05) is 47.7 Å². The summed E-state index contributed by atoms with van der Waals surface area (Å²) in [5.41, 5.74) is 0.213. The molecule has 4 aromatic rings. The van der Waals surface area contributed by atoms with Crippen molar-refractivity contribution in [2.45, 2.75) is 6.61 Å². The molecule has 29 heavy (non-hydrogen) atoms. The number of carbonyl (C=O) groups is 1. The highest BCUT2D eigenvalue weighted by Gasteiger charge is 2.13. The van der Waals surface area contributed by atoms with Crippen LogP contribution in [0.4, 0.5) is 10.8 Å². The summed E-state index contributed by atoms with van der Waals surface area (Å²) in [4.78, 5) is 22.4. The average molecular weight is 406 g/mol. The number of nitro groups is 1. The lowest BCUT2D eigenvalue weighted by atomic mass is 10.1. The third kappa shape index (κ3) is 4.19. The number of anilines is 1. The molecule has 0 unspecified atom stereocenters. The summed E-state index contributed by atoms with van der Waals surface area (Å²) in [6.07, 6.45) is 0. The number of nitro benzene ring substituents is 1. The number of fused-ring (bicyclic) bond motifs is 1. The first kappa shape index (κ1) is 18.5. The van der Waals surface area contributed by atoms with E-state index in [0.29, 0.717) is 15.7 Å². The quantitative estimate of drug-likeness (QED) is 0.375. The molecule has 0 fully saturated rings. The molecule has 9 heteroatoms. The van der Waals surface area contributed by atoms with Crippen LogP contribution in [0.5, 0.6) is 5.75 Å². The number of rotatable bonds is 6. The van der Waals surface area contributed by atoms with Gasteiger partial charge in [-0.3, -0.25) is 20.2 Å². The fourth-order valence-electron chi connectivity index (χ4n) is 2.73. The van der Waals surface area contributed by atoms with Crippen molar-refractivity contribution in [2.24, 2.45) is 0 Å². The molecule has 0 bridgehead atoms. The van der Waals surface area contributed by atoms with Crippen LogP contribution >= 0.6 is 11.3 Å². The number of nitrogens with zero attached hydrogens (tertiary/aromatic N) is 3. The number of ether oxygens (including phenoxy) is 1. The Morgan fingerprint density at radius 2 is 1.79 bits per heavy atom. The van der Waals surface area contributed by atoms with Crippen LogP contribution in [-0.4, -0.2) is 21.0 Å². The lowest BCUT2D eigenvalue weighted by molar-refractivity contribution is -0.384.